The standard InChI is InChI=1S/C17H18O4/c1-12-4-9-16(17(10-12)20-3)21-11-15(18)13-5-7-14(19-2)8-6-13/h4-10H,11H2,1-3H3. The minimum Gasteiger partial charge on any atom is -0.497 e. The van der Waals surface area contributed by atoms with Gasteiger partial charge in [-0.15, -0.1) is 0 Å². The van der Waals surface area contributed by atoms with Crippen molar-refractivity contribution in [2.75, 3.05) is 20.8 Å². The molecule has 0 radical (unpaired) electrons. The minimum absolute atomic E-state index is 0.0360. The summed E-state index contributed by atoms with van der Waals surface area (Å²) in [5.41, 5.74) is 1.66. The molecule has 0 aromatic heterocycles. The molecule has 0 bridgehead atoms. The number of ketones is 1. The van der Waals surface area contributed by atoms with Crippen LogP contribution in [0, 0.1) is 6.92 Å². The number of rotatable bonds is 6. The van der Waals surface area contributed by atoms with Crippen LogP contribution in [-0.2, 0) is 0 Å². The Morgan fingerprint density at radius 1 is 0.952 bits per heavy atom. The van der Waals surface area contributed by atoms with Crippen molar-refractivity contribution in [1.82, 2.24) is 0 Å². The molecule has 0 N–H and O–H groups in total. The molecule has 0 aliphatic carbocycles. The molecule has 0 heterocycles. The molecule has 21 heavy (non-hydrogen) atoms. The Labute approximate surface area is 124 Å². The Kier molecular flexibility index (Phi) is 4.82. The van der Waals surface area contributed by atoms with Crippen LogP contribution in [0.4, 0.5) is 0 Å². The summed E-state index contributed by atoms with van der Waals surface area (Å²) >= 11 is 0. The maximum atomic E-state index is 12.1. The van der Waals surface area contributed by atoms with Crippen LogP contribution in [0.3, 0.4) is 0 Å². The molecular weight excluding hydrogens is 268 g/mol. The van der Waals surface area contributed by atoms with Gasteiger partial charge in [-0.1, -0.05) is 6.07 Å². The number of carbonyl (C=O) groups is 1. The number of hydrogen-bond donors (Lipinski definition) is 0. The molecule has 110 valence electrons. The third-order valence-corrected chi connectivity index (χ3v) is 3.09. The molecule has 0 amide bonds. The number of benzene rings is 2. The van der Waals surface area contributed by atoms with E-state index in [2.05, 4.69) is 0 Å². The summed E-state index contributed by atoms with van der Waals surface area (Å²) < 4.78 is 15.9. The van der Waals surface area contributed by atoms with E-state index in [0.29, 0.717) is 22.8 Å². The number of ether oxygens (including phenoxy) is 3. The highest BCUT2D eigenvalue weighted by Crippen LogP contribution is 2.27. The van der Waals surface area contributed by atoms with Gasteiger partial charge in [0.1, 0.15) is 5.75 Å². The highest BCUT2D eigenvalue weighted by atomic mass is 16.5. The van der Waals surface area contributed by atoms with Crippen molar-refractivity contribution in [2.45, 2.75) is 6.92 Å². The van der Waals surface area contributed by atoms with Gasteiger partial charge in [0.15, 0.2) is 23.9 Å². The van der Waals surface area contributed by atoms with Gasteiger partial charge < -0.3 is 14.2 Å². The number of hydrogen-bond acceptors (Lipinski definition) is 4. The van der Waals surface area contributed by atoms with Crippen LogP contribution >= 0.6 is 0 Å². The van der Waals surface area contributed by atoms with E-state index in [1.54, 1.807) is 44.6 Å². The molecule has 0 aliphatic heterocycles. The van der Waals surface area contributed by atoms with Crippen molar-refractivity contribution in [3.8, 4) is 17.2 Å². The maximum Gasteiger partial charge on any atom is 0.200 e. The summed E-state index contributed by atoms with van der Waals surface area (Å²) in [4.78, 5) is 12.1. The normalized spacial score (nSPS) is 10.0. The fraction of sp³-hybridized carbons (Fsp3) is 0.235. The molecule has 4 heteroatoms. The average molecular weight is 286 g/mol. The van der Waals surface area contributed by atoms with Crippen LogP contribution in [0.5, 0.6) is 17.2 Å². The highest BCUT2D eigenvalue weighted by molar-refractivity contribution is 5.97. The molecular formula is C17H18O4. The van der Waals surface area contributed by atoms with Gasteiger partial charge in [0, 0.05) is 5.56 Å². The maximum absolute atomic E-state index is 12.1. The van der Waals surface area contributed by atoms with Gasteiger partial charge in [0.2, 0.25) is 0 Å². The zero-order chi connectivity index (χ0) is 15.2. The molecule has 2 aromatic carbocycles. The lowest BCUT2D eigenvalue weighted by atomic mass is 10.1. The van der Waals surface area contributed by atoms with E-state index >= 15 is 0 Å². The first-order chi connectivity index (χ1) is 10.1. The second kappa shape index (κ2) is 6.79. The first kappa shape index (κ1) is 14.9. The van der Waals surface area contributed by atoms with Crippen molar-refractivity contribution in [2.24, 2.45) is 0 Å². The van der Waals surface area contributed by atoms with Crippen LogP contribution in [-0.4, -0.2) is 26.6 Å². The topological polar surface area (TPSA) is 44.8 Å². The van der Waals surface area contributed by atoms with Crippen molar-refractivity contribution >= 4 is 5.78 Å². The number of aryl methyl sites for hydroxylation is 1. The molecule has 0 saturated heterocycles. The van der Waals surface area contributed by atoms with Gasteiger partial charge >= 0.3 is 0 Å². The van der Waals surface area contributed by atoms with E-state index in [1.165, 1.54) is 0 Å². The monoisotopic (exact) mass is 286 g/mol. The average Bonchev–Trinajstić information content (AvgIpc) is 2.53. The lowest BCUT2D eigenvalue weighted by Gasteiger charge is -2.11. The molecule has 2 aromatic rings. The fourth-order valence-corrected chi connectivity index (χ4v) is 1.90. The van der Waals surface area contributed by atoms with Crippen LogP contribution in [0.2, 0.25) is 0 Å². The summed E-state index contributed by atoms with van der Waals surface area (Å²) in [7, 11) is 3.16. The van der Waals surface area contributed by atoms with Gasteiger partial charge in [0.05, 0.1) is 14.2 Å². The van der Waals surface area contributed by atoms with Gasteiger partial charge in [-0.25, -0.2) is 0 Å². The van der Waals surface area contributed by atoms with E-state index in [4.69, 9.17) is 14.2 Å². The summed E-state index contributed by atoms with van der Waals surface area (Å²) in [6.45, 7) is 1.93. The number of carbonyl (C=O) groups excluding carboxylic acids is 1. The second-order valence-corrected chi connectivity index (χ2v) is 4.59. The van der Waals surface area contributed by atoms with E-state index < -0.39 is 0 Å². The third-order valence-electron chi connectivity index (χ3n) is 3.09. The molecule has 4 nitrogen and oxygen atoms in total. The fourth-order valence-electron chi connectivity index (χ4n) is 1.90. The Hall–Kier alpha value is -2.49. The third kappa shape index (κ3) is 3.75. The molecule has 0 saturated carbocycles. The quantitative estimate of drug-likeness (QED) is 0.764. The summed E-state index contributed by atoms with van der Waals surface area (Å²) in [5.74, 6) is 1.80. The zero-order valence-corrected chi connectivity index (χ0v) is 12.4. The molecule has 0 unspecified atom stereocenters. The summed E-state index contributed by atoms with van der Waals surface area (Å²) in [5, 5.41) is 0. The van der Waals surface area contributed by atoms with Crippen LogP contribution in [0.1, 0.15) is 15.9 Å². The molecule has 0 spiro atoms. The summed E-state index contributed by atoms with van der Waals surface area (Å²) in [6.07, 6.45) is 0. The smallest absolute Gasteiger partial charge is 0.200 e. The Bertz CT molecular complexity index is 617. The Morgan fingerprint density at radius 2 is 1.67 bits per heavy atom. The van der Waals surface area contributed by atoms with Crippen molar-refractivity contribution < 1.29 is 19.0 Å². The van der Waals surface area contributed by atoms with Gasteiger partial charge in [-0.3, -0.25) is 4.79 Å². The van der Waals surface area contributed by atoms with Gasteiger partial charge in [-0.05, 0) is 48.9 Å². The molecule has 0 atom stereocenters. The predicted molar refractivity (Wildman–Crippen MR) is 80.6 cm³/mol. The van der Waals surface area contributed by atoms with E-state index in [-0.39, 0.29) is 12.4 Å². The number of methoxy groups -OCH3 is 2. The lowest BCUT2D eigenvalue weighted by Crippen LogP contribution is -2.12. The largest absolute Gasteiger partial charge is 0.497 e. The Balaban J connectivity index is 2.03. The van der Waals surface area contributed by atoms with Crippen LogP contribution in [0.15, 0.2) is 42.5 Å². The number of Topliss-reactive ketones (excluding diaryl/α,β-unsaturated/α-hetero) is 1. The SMILES string of the molecule is COc1ccc(C(=O)COc2ccc(C)cc2OC)cc1. The zero-order valence-electron chi connectivity index (χ0n) is 12.4. The first-order valence-corrected chi connectivity index (χ1v) is 6.58. The van der Waals surface area contributed by atoms with E-state index in [0.717, 1.165) is 5.56 Å². The second-order valence-electron chi connectivity index (χ2n) is 4.59. The molecule has 0 fully saturated rings. The van der Waals surface area contributed by atoms with Crippen molar-refractivity contribution in [3.63, 3.8) is 0 Å². The molecule has 2 rings (SSSR count). The van der Waals surface area contributed by atoms with E-state index in [1.807, 2.05) is 19.1 Å². The predicted octanol–water partition coefficient (Wildman–Crippen LogP) is 3.27. The summed E-state index contributed by atoms with van der Waals surface area (Å²) in [6, 6.07) is 12.5. The van der Waals surface area contributed by atoms with Crippen molar-refractivity contribution in [1.29, 1.82) is 0 Å². The van der Waals surface area contributed by atoms with Crippen molar-refractivity contribution in [3.05, 3.63) is 53.6 Å². The van der Waals surface area contributed by atoms with Crippen LogP contribution < -0.4 is 14.2 Å². The van der Waals surface area contributed by atoms with Gasteiger partial charge in [0.25, 0.3) is 0 Å². The highest BCUT2D eigenvalue weighted by Gasteiger charge is 2.10. The minimum atomic E-state index is -0.0970. The Morgan fingerprint density at radius 3 is 2.29 bits per heavy atom. The first-order valence-electron chi connectivity index (χ1n) is 6.58. The molecule has 0 aliphatic rings. The van der Waals surface area contributed by atoms with E-state index in [9.17, 15) is 4.79 Å². The van der Waals surface area contributed by atoms with Crippen LogP contribution in [0.25, 0.3) is 0 Å². The van der Waals surface area contributed by atoms with Gasteiger partial charge in [-0.2, -0.15) is 0 Å². The lowest BCUT2D eigenvalue weighted by molar-refractivity contribution is 0.0919.